The number of benzene rings is 1. The largest absolute Gasteiger partial charge is 0.481 e. The second-order valence-corrected chi connectivity index (χ2v) is 5.07. The quantitative estimate of drug-likeness (QED) is 0.629. The van der Waals surface area contributed by atoms with Crippen molar-refractivity contribution >= 4 is 17.3 Å². The van der Waals surface area contributed by atoms with Gasteiger partial charge in [0.1, 0.15) is 5.69 Å². The predicted octanol–water partition coefficient (Wildman–Crippen LogP) is 2.57. The third-order valence-electron chi connectivity index (χ3n) is 3.73. The summed E-state index contributed by atoms with van der Waals surface area (Å²) in [7, 11) is 0. The Bertz CT molecular complexity index is 523. The Morgan fingerprint density at radius 3 is 2.68 bits per heavy atom. The van der Waals surface area contributed by atoms with Gasteiger partial charge in [-0.3, -0.25) is 14.9 Å². The van der Waals surface area contributed by atoms with Crippen LogP contribution in [0.3, 0.4) is 0 Å². The summed E-state index contributed by atoms with van der Waals surface area (Å²) in [6, 6.07) is 4.88. The van der Waals surface area contributed by atoms with E-state index < -0.39 is 16.3 Å². The van der Waals surface area contributed by atoms with Gasteiger partial charge in [0.2, 0.25) is 0 Å². The van der Waals surface area contributed by atoms with Crippen molar-refractivity contribution in [2.75, 3.05) is 11.9 Å². The summed E-state index contributed by atoms with van der Waals surface area (Å²) >= 11 is 0. The van der Waals surface area contributed by atoms with Crippen LogP contribution < -0.4 is 5.32 Å². The highest BCUT2D eigenvalue weighted by atomic mass is 16.6. The van der Waals surface area contributed by atoms with Crippen molar-refractivity contribution in [3.8, 4) is 0 Å². The maximum Gasteiger partial charge on any atom is 0.311 e. The van der Waals surface area contributed by atoms with Crippen LogP contribution in [0.4, 0.5) is 11.4 Å². The highest BCUT2D eigenvalue weighted by molar-refractivity contribution is 5.77. The van der Waals surface area contributed by atoms with Gasteiger partial charge < -0.3 is 10.4 Å². The molecule has 0 spiro atoms. The third-order valence-corrected chi connectivity index (χ3v) is 3.73. The minimum atomic E-state index is -0.832. The van der Waals surface area contributed by atoms with Gasteiger partial charge in [0, 0.05) is 12.6 Å². The van der Waals surface area contributed by atoms with E-state index in [2.05, 4.69) is 5.32 Å². The molecule has 0 radical (unpaired) electrons. The van der Waals surface area contributed by atoms with Crippen molar-refractivity contribution in [3.05, 3.63) is 33.9 Å². The average Bonchev–Trinajstić information content (AvgIpc) is 2.28. The van der Waals surface area contributed by atoms with Gasteiger partial charge in [0.15, 0.2) is 0 Å². The minimum absolute atomic E-state index is 0.0140. The van der Waals surface area contributed by atoms with Crippen LogP contribution in [0.2, 0.25) is 0 Å². The molecule has 1 aliphatic rings. The summed E-state index contributed by atoms with van der Waals surface area (Å²) in [4.78, 5) is 21.7. The molecule has 0 bridgehead atoms. The van der Waals surface area contributed by atoms with E-state index in [1.807, 2.05) is 0 Å². The van der Waals surface area contributed by atoms with Crippen molar-refractivity contribution < 1.29 is 14.8 Å². The Labute approximate surface area is 110 Å². The number of anilines is 1. The Hall–Kier alpha value is -2.11. The number of aliphatic carboxylic acids is 1. The molecule has 1 fully saturated rings. The molecule has 6 heteroatoms. The molecule has 1 aromatic carbocycles. The Morgan fingerprint density at radius 2 is 2.21 bits per heavy atom. The van der Waals surface area contributed by atoms with E-state index in [1.165, 1.54) is 6.07 Å². The molecule has 6 nitrogen and oxygen atoms in total. The van der Waals surface area contributed by atoms with Gasteiger partial charge in [-0.25, -0.2) is 0 Å². The Balaban J connectivity index is 2.15. The molecule has 1 saturated carbocycles. The molecular weight excluding hydrogens is 248 g/mol. The first-order chi connectivity index (χ1) is 8.94. The summed E-state index contributed by atoms with van der Waals surface area (Å²) in [5.41, 5.74) is 0.399. The topological polar surface area (TPSA) is 92.5 Å². The summed E-state index contributed by atoms with van der Waals surface area (Å²) in [5.74, 6) is -0.832. The first-order valence-electron chi connectivity index (χ1n) is 6.17. The zero-order chi connectivity index (χ0) is 14.0. The van der Waals surface area contributed by atoms with Crippen molar-refractivity contribution in [1.82, 2.24) is 0 Å². The molecule has 0 saturated heterocycles. The molecule has 0 aliphatic heterocycles. The number of aryl methyl sites for hydroxylation is 1. The van der Waals surface area contributed by atoms with Gasteiger partial charge >= 0.3 is 5.97 Å². The number of nitro benzene ring substituents is 1. The van der Waals surface area contributed by atoms with Crippen molar-refractivity contribution in [2.45, 2.75) is 26.2 Å². The zero-order valence-electron chi connectivity index (χ0n) is 10.7. The zero-order valence-corrected chi connectivity index (χ0v) is 10.7. The summed E-state index contributed by atoms with van der Waals surface area (Å²) < 4.78 is 0. The number of hydrogen-bond donors (Lipinski definition) is 2. The lowest BCUT2D eigenvalue weighted by Crippen LogP contribution is -2.43. The van der Waals surface area contributed by atoms with E-state index in [4.69, 9.17) is 0 Å². The molecule has 1 aromatic rings. The van der Waals surface area contributed by atoms with Crippen LogP contribution in [0.25, 0.3) is 0 Å². The molecule has 0 unspecified atom stereocenters. The van der Waals surface area contributed by atoms with Gasteiger partial charge in [-0.15, -0.1) is 0 Å². The molecule has 0 aromatic heterocycles. The first kappa shape index (κ1) is 13.3. The summed E-state index contributed by atoms with van der Waals surface area (Å²) in [6.07, 6.45) is 2.13. The molecule has 1 aliphatic carbocycles. The fourth-order valence-electron chi connectivity index (χ4n) is 2.28. The maximum atomic E-state index is 11.2. The number of nitrogens with one attached hydrogen (secondary N) is 1. The summed E-state index contributed by atoms with van der Waals surface area (Å²) in [6.45, 7) is 2.01. The standard InChI is InChI=1S/C13H16N2O4/c1-9-3-4-10(11(7-9)15(18)19)14-8-13(12(16)17)5-2-6-13/h3-4,7,14H,2,5-6,8H2,1H3,(H,16,17). The molecule has 0 heterocycles. The molecule has 102 valence electrons. The third kappa shape index (κ3) is 2.52. The highest BCUT2D eigenvalue weighted by Crippen LogP contribution is 2.41. The fraction of sp³-hybridized carbons (Fsp3) is 0.462. The lowest BCUT2D eigenvalue weighted by molar-refractivity contribution is -0.384. The number of carbonyl (C=O) groups is 1. The monoisotopic (exact) mass is 264 g/mol. The second kappa shape index (κ2) is 4.87. The molecule has 0 atom stereocenters. The van der Waals surface area contributed by atoms with Crippen LogP contribution in [-0.2, 0) is 4.79 Å². The Morgan fingerprint density at radius 1 is 1.53 bits per heavy atom. The van der Waals surface area contributed by atoms with E-state index >= 15 is 0 Å². The first-order valence-corrected chi connectivity index (χ1v) is 6.17. The van der Waals surface area contributed by atoms with Crippen LogP contribution in [0, 0.1) is 22.5 Å². The van der Waals surface area contributed by atoms with Crippen molar-refractivity contribution in [1.29, 1.82) is 0 Å². The normalized spacial score (nSPS) is 16.5. The van der Waals surface area contributed by atoms with Crippen LogP contribution in [0.15, 0.2) is 18.2 Å². The number of carboxylic acid groups (broad SMARTS) is 1. The smallest absolute Gasteiger partial charge is 0.311 e. The lowest BCUT2D eigenvalue weighted by Gasteiger charge is -2.37. The highest BCUT2D eigenvalue weighted by Gasteiger charge is 2.44. The molecule has 2 rings (SSSR count). The van der Waals surface area contributed by atoms with Crippen LogP contribution >= 0.6 is 0 Å². The van der Waals surface area contributed by atoms with E-state index in [9.17, 15) is 20.0 Å². The summed E-state index contributed by atoms with van der Waals surface area (Å²) in [5, 5.41) is 23.1. The predicted molar refractivity (Wildman–Crippen MR) is 70.2 cm³/mol. The molecule has 2 N–H and O–H groups in total. The SMILES string of the molecule is Cc1ccc(NCC2(C(=O)O)CCC2)c([N+](=O)[O-])c1. The average molecular weight is 264 g/mol. The van der Waals surface area contributed by atoms with Gasteiger partial charge in [0.05, 0.1) is 10.3 Å². The lowest BCUT2D eigenvalue weighted by atomic mass is 9.69. The fourth-order valence-corrected chi connectivity index (χ4v) is 2.28. The van der Waals surface area contributed by atoms with Gasteiger partial charge in [0.25, 0.3) is 5.69 Å². The number of rotatable bonds is 5. The minimum Gasteiger partial charge on any atom is -0.481 e. The van der Waals surface area contributed by atoms with Crippen LogP contribution in [0.1, 0.15) is 24.8 Å². The van der Waals surface area contributed by atoms with Gasteiger partial charge in [-0.05, 0) is 31.4 Å². The number of nitro groups is 1. The Kier molecular flexibility index (Phi) is 3.42. The molecule has 0 amide bonds. The molecular formula is C13H16N2O4. The van der Waals surface area contributed by atoms with Crippen LogP contribution in [-0.4, -0.2) is 22.5 Å². The number of hydrogen-bond acceptors (Lipinski definition) is 4. The molecule has 19 heavy (non-hydrogen) atoms. The van der Waals surface area contributed by atoms with Gasteiger partial charge in [-0.1, -0.05) is 12.5 Å². The number of nitrogens with zero attached hydrogens (tertiary/aromatic N) is 1. The van der Waals surface area contributed by atoms with E-state index in [1.54, 1.807) is 19.1 Å². The van der Waals surface area contributed by atoms with Gasteiger partial charge in [-0.2, -0.15) is 0 Å². The van der Waals surface area contributed by atoms with E-state index in [0.717, 1.165) is 12.0 Å². The second-order valence-electron chi connectivity index (χ2n) is 5.07. The van der Waals surface area contributed by atoms with E-state index in [0.29, 0.717) is 18.5 Å². The maximum absolute atomic E-state index is 11.2. The van der Waals surface area contributed by atoms with Crippen molar-refractivity contribution in [2.24, 2.45) is 5.41 Å². The van der Waals surface area contributed by atoms with Crippen molar-refractivity contribution in [3.63, 3.8) is 0 Å². The van der Waals surface area contributed by atoms with Crippen LogP contribution in [0.5, 0.6) is 0 Å². The number of carboxylic acids is 1. The van der Waals surface area contributed by atoms with E-state index in [-0.39, 0.29) is 12.2 Å².